The van der Waals surface area contributed by atoms with Gasteiger partial charge in [-0.3, -0.25) is 14.0 Å². The van der Waals surface area contributed by atoms with Gasteiger partial charge in [0, 0.05) is 38.4 Å². The van der Waals surface area contributed by atoms with Crippen molar-refractivity contribution in [3.05, 3.63) is 18.7 Å². The summed E-state index contributed by atoms with van der Waals surface area (Å²) >= 11 is 0. The minimum absolute atomic E-state index is 0.108. The molecule has 3 rings (SSSR count). The third-order valence-corrected chi connectivity index (χ3v) is 5.19. The van der Waals surface area contributed by atoms with E-state index in [4.69, 9.17) is 0 Å². The van der Waals surface area contributed by atoms with E-state index >= 15 is 0 Å². The topological polar surface area (TPSA) is 105 Å². The highest BCUT2D eigenvalue weighted by molar-refractivity contribution is 5.85. The van der Waals surface area contributed by atoms with Gasteiger partial charge in [0.15, 0.2) is 5.82 Å². The van der Waals surface area contributed by atoms with Gasteiger partial charge in [-0.1, -0.05) is 19.3 Å². The number of hydrogen-bond donors (Lipinski definition) is 2. The molecule has 9 heteroatoms. The molecule has 1 aliphatic carbocycles. The molecular weight excluding hydrogens is 346 g/mol. The molecule has 0 aliphatic heterocycles. The lowest BCUT2D eigenvalue weighted by Gasteiger charge is -2.25. The van der Waals surface area contributed by atoms with Crippen molar-refractivity contribution < 1.29 is 9.59 Å². The third kappa shape index (κ3) is 4.53. The highest BCUT2D eigenvalue weighted by atomic mass is 16.2. The highest BCUT2D eigenvalue weighted by Crippen LogP contribution is 2.23. The van der Waals surface area contributed by atoms with Gasteiger partial charge in [-0.15, -0.1) is 10.2 Å². The van der Waals surface area contributed by atoms with Crippen LogP contribution >= 0.6 is 0 Å². The molecule has 1 unspecified atom stereocenters. The van der Waals surface area contributed by atoms with Crippen LogP contribution in [0.1, 0.15) is 39.0 Å². The second kappa shape index (κ2) is 8.79. The number of nitrogens with zero attached hydrogens (tertiary/aromatic N) is 5. The van der Waals surface area contributed by atoms with Crippen molar-refractivity contribution in [2.75, 3.05) is 25.0 Å². The van der Waals surface area contributed by atoms with E-state index in [1.54, 1.807) is 42.0 Å². The summed E-state index contributed by atoms with van der Waals surface area (Å²) in [6, 6.07) is -0.436. The number of nitrogens with one attached hydrogen (secondary N) is 2. The van der Waals surface area contributed by atoms with Crippen molar-refractivity contribution in [2.45, 2.75) is 45.1 Å². The fourth-order valence-corrected chi connectivity index (χ4v) is 3.38. The van der Waals surface area contributed by atoms with Crippen LogP contribution in [-0.2, 0) is 9.59 Å². The van der Waals surface area contributed by atoms with E-state index in [1.165, 1.54) is 6.42 Å². The summed E-state index contributed by atoms with van der Waals surface area (Å²) in [4.78, 5) is 30.6. The Morgan fingerprint density at radius 1 is 1.26 bits per heavy atom. The van der Waals surface area contributed by atoms with Crippen LogP contribution in [0.2, 0.25) is 0 Å². The zero-order valence-corrected chi connectivity index (χ0v) is 15.9. The van der Waals surface area contributed by atoms with Crippen LogP contribution < -0.4 is 15.5 Å². The van der Waals surface area contributed by atoms with Gasteiger partial charge >= 0.3 is 0 Å². The van der Waals surface area contributed by atoms with Gasteiger partial charge in [0.2, 0.25) is 17.5 Å². The van der Waals surface area contributed by atoms with E-state index in [9.17, 15) is 9.59 Å². The smallest absolute Gasteiger partial charge is 0.242 e. The van der Waals surface area contributed by atoms with Gasteiger partial charge in [0.1, 0.15) is 12.4 Å². The monoisotopic (exact) mass is 373 g/mol. The average Bonchev–Trinajstić information content (AvgIpc) is 3.19. The van der Waals surface area contributed by atoms with Gasteiger partial charge in [-0.05, 0) is 19.8 Å². The predicted octanol–water partition coefficient (Wildman–Crippen LogP) is 0.762. The van der Waals surface area contributed by atoms with Crippen molar-refractivity contribution in [3.63, 3.8) is 0 Å². The van der Waals surface area contributed by atoms with Crippen LogP contribution in [-0.4, -0.2) is 57.6 Å². The Bertz CT molecular complexity index is 785. The molecule has 9 nitrogen and oxygen atoms in total. The second-order valence-corrected chi connectivity index (χ2v) is 7.02. The summed E-state index contributed by atoms with van der Waals surface area (Å²) < 4.78 is 1.75. The van der Waals surface area contributed by atoms with Crippen molar-refractivity contribution in [3.8, 4) is 0 Å². The first-order valence-corrected chi connectivity index (χ1v) is 9.50. The average molecular weight is 373 g/mol. The first-order chi connectivity index (χ1) is 13.1. The lowest BCUT2D eigenvalue weighted by atomic mass is 9.89. The SMILES string of the molecule is CC(C(=O)NCCNC(=O)C1CCCCC1)N(C)c1nccn2cnnc12. The zero-order valence-electron chi connectivity index (χ0n) is 15.9. The highest BCUT2D eigenvalue weighted by Gasteiger charge is 2.23. The summed E-state index contributed by atoms with van der Waals surface area (Å²) in [5.74, 6) is 0.696. The first kappa shape index (κ1) is 19.1. The lowest BCUT2D eigenvalue weighted by molar-refractivity contribution is -0.126. The van der Waals surface area contributed by atoms with Crippen molar-refractivity contribution >= 4 is 23.3 Å². The van der Waals surface area contributed by atoms with Crippen molar-refractivity contribution in [1.82, 2.24) is 30.2 Å². The van der Waals surface area contributed by atoms with E-state index in [2.05, 4.69) is 25.8 Å². The summed E-state index contributed by atoms with van der Waals surface area (Å²) in [6.45, 7) is 2.64. The number of hydrogen-bond acceptors (Lipinski definition) is 6. The molecule has 0 bridgehead atoms. The molecule has 2 N–H and O–H groups in total. The van der Waals surface area contributed by atoms with Gasteiger partial charge in [0.25, 0.3) is 0 Å². The maximum absolute atomic E-state index is 12.4. The minimum atomic E-state index is -0.436. The molecule has 2 heterocycles. The molecule has 1 fully saturated rings. The third-order valence-electron chi connectivity index (χ3n) is 5.19. The molecular formula is C18H27N7O2. The van der Waals surface area contributed by atoms with Crippen LogP contribution in [0.15, 0.2) is 18.7 Å². The van der Waals surface area contributed by atoms with Gasteiger partial charge in [-0.2, -0.15) is 0 Å². The Morgan fingerprint density at radius 3 is 2.78 bits per heavy atom. The van der Waals surface area contributed by atoms with Crippen molar-refractivity contribution in [2.24, 2.45) is 5.92 Å². The van der Waals surface area contributed by atoms with Crippen LogP contribution in [0.5, 0.6) is 0 Å². The number of aromatic nitrogens is 4. The Hall–Kier alpha value is -2.71. The Morgan fingerprint density at radius 2 is 2.00 bits per heavy atom. The maximum Gasteiger partial charge on any atom is 0.242 e. The molecule has 0 radical (unpaired) electrons. The number of amides is 2. The normalized spacial score (nSPS) is 16.1. The number of anilines is 1. The molecule has 2 aromatic rings. The predicted molar refractivity (Wildman–Crippen MR) is 101 cm³/mol. The van der Waals surface area contributed by atoms with Gasteiger partial charge in [-0.25, -0.2) is 4.98 Å². The second-order valence-electron chi connectivity index (χ2n) is 7.02. The lowest BCUT2D eigenvalue weighted by Crippen LogP contribution is -2.46. The zero-order chi connectivity index (χ0) is 19.2. The molecule has 2 amide bonds. The van der Waals surface area contributed by atoms with E-state index in [1.807, 2.05) is 0 Å². The molecule has 146 valence electrons. The number of rotatable bonds is 7. The fraction of sp³-hybridized carbons (Fsp3) is 0.611. The van der Waals surface area contributed by atoms with E-state index in [0.717, 1.165) is 25.7 Å². The van der Waals surface area contributed by atoms with Crippen LogP contribution in [0.25, 0.3) is 5.65 Å². The van der Waals surface area contributed by atoms with Crippen LogP contribution in [0, 0.1) is 5.92 Å². The van der Waals surface area contributed by atoms with Gasteiger partial charge < -0.3 is 15.5 Å². The molecule has 0 saturated heterocycles. The number of likely N-dealkylation sites (N-methyl/N-ethyl adjacent to an activating group) is 1. The standard InChI is InChI=1S/C18H27N7O2/c1-13(24(2)15-16-23-22-12-25(16)11-10-19-15)17(26)20-8-9-21-18(27)14-6-4-3-5-7-14/h10-14H,3-9H2,1-2H3,(H,20,26)(H,21,27). The van der Waals surface area contributed by atoms with E-state index < -0.39 is 6.04 Å². The van der Waals surface area contributed by atoms with Crippen molar-refractivity contribution in [1.29, 1.82) is 0 Å². The Balaban J connectivity index is 1.46. The Labute approximate surface area is 158 Å². The summed E-state index contributed by atoms with van der Waals surface area (Å²) in [5, 5.41) is 13.7. The summed E-state index contributed by atoms with van der Waals surface area (Å²) in [7, 11) is 1.80. The number of carbonyl (C=O) groups excluding carboxylic acids is 2. The summed E-state index contributed by atoms with van der Waals surface area (Å²) in [5.41, 5.74) is 0.597. The Kier molecular flexibility index (Phi) is 6.20. The van der Waals surface area contributed by atoms with Gasteiger partial charge in [0.05, 0.1) is 0 Å². The number of carbonyl (C=O) groups is 2. The minimum Gasteiger partial charge on any atom is -0.354 e. The quantitative estimate of drug-likeness (QED) is 0.695. The molecule has 1 saturated carbocycles. The van der Waals surface area contributed by atoms with E-state index in [0.29, 0.717) is 24.6 Å². The molecule has 1 aliphatic rings. The van der Waals surface area contributed by atoms with Crippen LogP contribution in [0.4, 0.5) is 5.82 Å². The summed E-state index contributed by atoms with van der Waals surface area (Å²) in [6.07, 6.45) is 10.4. The van der Waals surface area contributed by atoms with E-state index in [-0.39, 0.29) is 17.7 Å². The molecule has 27 heavy (non-hydrogen) atoms. The molecule has 0 aromatic carbocycles. The van der Waals surface area contributed by atoms with Crippen LogP contribution in [0.3, 0.4) is 0 Å². The first-order valence-electron chi connectivity index (χ1n) is 9.50. The molecule has 1 atom stereocenters. The number of fused-ring (bicyclic) bond motifs is 1. The molecule has 0 spiro atoms. The molecule has 2 aromatic heterocycles. The maximum atomic E-state index is 12.4. The fourth-order valence-electron chi connectivity index (χ4n) is 3.38. The largest absolute Gasteiger partial charge is 0.354 e.